The third-order valence-corrected chi connectivity index (χ3v) is 5.52. The first-order valence-electron chi connectivity index (χ1n) is 4.55. The summed E-state index contributed by atoms with van der Waals surface area (Å²) < 4.78 is 1.87. The minimum atomic E-state index is -0.687. The Balaban J connectivity index is 1.85. The largest absolute Gasteiger partial charge is 0.481 e. The van der Waals surface area contributed by atoms with Gasteiger partial charge in [0, 0.05) is 11.1 Å². The maximum Gasteiger partial charge on any atom is 0.303 e. The van der Waals surface area contributed by atoms with Crippen molar-refractivity contribution in [2.75, 3.05) is 5.75 Å². The summed E-state index contributed by atoms with van der Waals surface area (Å²) in [4.78, 5) is 14.9. The maximum absolute atomic E-state index is 10.6. The highest BCUT2D eigenvalue weighted by Crippen LogP contribution is 2.52. The molecule has 1 fully saturated rings. The van der Waals surface area contributed by atoms with Crippen LogP contribution in [0.5, 0.6) is 0 Å². The van der Waals surface area contributed by atoms with Crippen LogP contribution in [0.15, 0.2) is 14.3 Å². The molecule has 0 atom stereocenters. The van der Waals surface area contributed by atoms with E-state index in [-0.39, 0.29) is 5.41 Å². The molecule has 2 rings (SSSR count). The number of carboxylic acids is 1. The molecule has 15 heavy (non-hydrogen) atoms. The zero-order valence-corrected chi connectivity index (χ0v) is 11.1. The molecule has 1 aromatic rings. The molecule has 1 aliphatic rings. The van der Waals surface area contributed by atoms with Gasteiger partial charge in [0.2, 0.25) is 0 Å². The third kappa shape index (κ3) is 3.19. The minimum absolute atomic E-state index is 0.0502. The van der Waals surface area contributed by atoms with Crippen LogP contribution in [0.2, 0.25) is 0 Å². The Hall–Kier alpha value is -0.0700. The summed E-state index contributed by atoms with van der Waals surface area (Å²) >= 11 is 6.56. The fourth-order valence-electron chi connectivity index (χ4n) is 1.39. The third-order valence-electron chi connectivity index (χ3n) is 2.44. The van der Waals surface area contributed by atoms with E-state index < -0.39 is 5.97 Å². The number of hydrogen-bond donors (Lipinski definition) is 1. The van der Waals surface area contributed by atoms with Gasteiger partial charge >= 0.3 is 5.97 Å². The first-order chi connectivity index (χ1) is 7.10. The van der Waals surface area contributed by atoms with E-state index in [2.05, 4.69) is 20.9 Å². The number of carbonyl (C=O) groups is 1. The van der Waals surface area contributed by atoms with Crippen LogP contribution >= 0.6 is 39.0 Å². The van der Waals surface area contributed by atoms with E-state index in [1.54, 1.807) is 23.1 Å². The maximum atomic E-state index is 10.6. The van der Waals surface area contributed by atoms with Crippen molar-refractivity contribution >= 4 is 45.0 Å². The van der Waals surface area contributed by atoms with Crippen molar-refractivity contribution in [1.82, 2.24) is 4.98 Å². The Morgan fingerprint density at radius 3 is 2.93 bits per heavy atom. The molecular formula is C9H10BrNO2S2. The minimum Gasteiger partial charge on any atom is -0.481 e. The van der Waals surface area contributed by atoms with Crippen LogP contribution in [0, 0.1) is 5.41 Å². The van der Waals surface area contributed by atoms with Crippen LogP contribution in [0.1, 0.15) is 19.3 Å². The summed E-state index contributed by atoms with van der Waals surface area (Å²) in [6.45, 7) is 0. The highest BCUT2D eigenvalue weighted by atomic mass is 79.9. The molecule has 0 saturated heterocycles. The number of rotatable bonds is 5. The Morgan fingerprint density at radius 2 is 2.47 bits per heavy atom. The van der Waals surface area contributed by atoms with Gasteiger partial charge in [-0.1, -0.05) is 11.8 Å². The Morgan fingerprint density at radius 1 is 1.73 bits per heavy atom. The van der Waals surface area contributed by atoms with Gasteiger partial charge in [-0.15, -0.1) is 11.3 Å². The molecule has 0 bridgehead atoms. The van der Waals surface area contributed by atoms with E-state index in [1.165, 1.54) is 0 Å². The number of thiazole rings is 1. The van der Waals surface area contributed by atoms with Crippen molar-refractivity contribution in [2.45, 2.75) is 23.6 Å². The lowest BCUT2D eigenvalue weighted by atomic mass is 10.1. The van der Waals surface area contributed by atoms with Crippen molar-refractivity contribution in [3.8, 4) is 0 Å². The molecule has 0 aliphatic heterocycles. The average molecular weight is 308 g/mol. The number of thioether (sulfide) groups is 1. The summed E-state index contributed by atoms with van der Waals surface area (Å²) in [7, 11) is 0. The lowest BCUT2D eigenvalue weighted by Crippen LogP contribution is -2.10. The molecule has 82 valence electrons. The van der Waals surface area contributed by atoms with Crippen LogP contribution < -0.4 is 0 Å². The molecule has 1 aromatic heterocycles. The number of halogens is 1. The fraction of sp³-hybridized carbons (Fsp3) is 0.556. The number of aromatic nitrogens is 1. The van der Waals surface area contributed by atoms with E-state index in [1.807, 2.05) is 5.38 Å². The van der Waals surface area contributed by atoms with Gasteiger partial charge in [0.1, 0.15) is 4.60 Å². The molecule has 1 aliphatic carbocycles. The second-order valence-corrected chi connectivity index (χ2v) is 6.69. The van der Waals surface area contributed by atoms with Crippen LogP contribution in [0.3, 0.4) is 0 Å². The summed E-state index contributed by atoms with van der Waals surface area (Å²) in [6, 6.07) is 0. The van der Waals surface area contributed by atoms with Crippen LogP contribution in [-0.2, 0) is 4.79 Å². The summed E-state index contributed by atoms with van der Waals surface area (Å²) in [5.74, 6) is 0.188. The van der Waals surface area contributed by atoms with Crippen LogP contribution in [0.4, 0.5) is 0 Å². The van der Waals surface area contributed by atoms with Crippen molar-refractivity contribution in [3.63, 3.8) is 0 Å². The summed E-state index contributed by atoms with van der Waals surface area (Å²) in [5, 5.41) is 10.7. The standard InChI is InChI=1S/C9H10BrNO2S2/c10-6-4-14-8(11-6)15-5-9(1-2-9)3-7(12)13/h4H,1-3,5H2,(H,12,13). The van der Waals surface area contributed by atoms with Gasteiger partial charge in [-0.2, -0.15) is 0 Å². The quantitative estimate of drug-likeness (QED) is 0.848. The number of nitrogens with zero attached hydrogens (tertiary/aromatic N) is 1. The van der Waals surface area contributed by atoms with Gasteiger partial charge in [-0.05, 0) is 34.2 Å². The van der Waals surface area contributed by atoms with E-state index in [4.69, 9.17) is 5.11 Å². The highest BCUT2D eigenvalue weighted by Gasteiger charge is 2.44. The van der Waals surface area contributed by atoms with E-state index in [0.717, 1.165) is 27.5 Å². The SMILES string of the molecule is O=C(O)CC1(CSc2nc(Br)cs2)CC1. The highest BCUT2D eigenvalue weighted by molar-refractivity contribution is 9.10. The van der Waals surface area contributed by atoms with E-state index >= 15 is 0 Å². The van der Waals surface area contributed by atoms with Crippen molar-refractivity contribution in [1.29, 1.82) is 0 Å². The molecular weight excluding hydrogens is 298 g/mol. The average Bonchev–Trinajstić information content (AvgIpc) is 2.77. The second kappa shape index (κ2) is 4.43. The molecule has 0 radical (unpaired) electrons. The number of aliphatic carboxylic acids is 1. The van der Waals surface area contributed by atoms with Gasteiger partial charge < -0.3 is 5.11 Å². The Kier molecular flexibility index (Phi) is 3.37. The lowest BCUT2D eigenvalue weighted by Gasteiger charge is -2.09. The molecule has 1 heterocycles. The van der Waals surface area contributed by atoms with Gasteiger partial charge in [0.25, 0.3) is 0 Å². The molecule has 0 unspecified atom stereocenters. The zero-order chi connectivity index (χ0) is 10.9. The molecule has 3 nitrogen and oxygen atoms in total. The Bertz CT molecular complexity index is 376. The molecule has 0 spiro atoms. The summed E-state index contributed by atoms with van der Waals surface area (Å²) in [6.07, 6.45) is 2.38. The zero-order valence-electron chi connectivity index (χ0n) is 7.90. The van der Waals surface area contributed by atoms with Crippen molar-refractivity contribution in [2.24, 2.45) is 5.41 Å². The fourth-order valence-corrected chi connectivity index (χ4v) is 4.06. The monoisotopic (exact) mass is 307 g/mol. The van der Waals surface area contributed by atoms with E-state index in [9.17, 15) is 4.79 Å². The molecule has 0 amide bonds. The van der Waals surface area contributed by atoms with Gasteiger partial charge in [0.15, 0.2) is 4.34 Å². The first-order valence-corrected chi connectivity index (χ1v) is 7.21. The summed E-state index contributed by atoms with van der Waals surface area (Å²) in [5.41, 5.74) is 0.0502. The second-order valence-electron chi connectivity index (χ2n) is 3.80. The van der Waals surface area contributed by atoms with Crippen LogP contribution in [0.25, 0.3) is 0 Å². The van der Waals surface area contributed by atoms with Crippen LogP contribution in [-0.4, -0.2) is 21.8 Å². The topological polar surface area (TPSA) is 50.2 Å². The lowest BCUT2D eigenvalue weighted by molar-refractivity contribution is -0.138. The van der Waals surface area contributed by atoms with E-state index in [0.29, 0.717) is 6.42 Å². The van der Waals surface area contributed by atoms with Gasteiger partial charge in [-0.25, -0.2) is 4.98 Å². The first kappa shape index (κ1) is 11.4. The Labute approximate surface area is 104 Å². The predicted molar refractivity (Wildman–Crippen MR) is 64.5 cm³/mol. The van der Waals surface area contributed by atoms with Crippen molar-refractivity contribution in [3.05, 3.63) is 9.98 Å². The molecule has 1 N–H and O–H groups in total. The molecule has 1 saturated carbocycles. The normalized spacial score (nSPS) is 17.7. The molecule has 0 aromatic carbocycles. The van der Waals surface area contributed by atoms with Gasteiger partial charge in [0.05, 0.1) is 6.42 Å². The van der Waals surface area contributed by atoms with Crippen molar-refractivity contribution < 1.29 is 9.90 Å². The predicted octanol–water partition coefficient (Wildman–Crippen LogP) is 3.25. The number of carboxylic acid groups (broad SMARTS) is 1. The van der Waals surface area contributed by atoms with Gasteiger partial charge in [-0.3, -0.25) is 4.79 Å². The molecule has 6 heteroatoms. The number of hydrogen-bond acceptors (Lipinski definition) is 4. The smallest absolute Gasteiger partial charge is 0.303 e.